The highest BCUT2D eigenvalue weighted by Crippen LogP contribution is 2.35. The van der Waals surface area contributed by atoms with Crippen molar-refractivity contribution in [3.63, 3.8) is 0 Å². The number of rotatable bonds is 4. The van der Waals surface area contributed by atoms with Gasteiger partial charge in [-0.2, -0.15) is 13.2 Å². The first-order chi connectivity index (χ1) is 10.8. The van der Waals surface area contributed by atoms with Crippen LogP contribution in [0.2, 0.25) is 0 Å². The average molecular weight is 343 g/mol. The molecule has 8 heteroatoms. The lowest BCUT2D eigenvalue weighted by molar-refractivity contribution is -0.140. The van der Waals surface area contributed by atoms with E-state index < -0.39 is 11.9 Å². The molecule has 23 heavy (non-hydrogen) atoms. The second-order valence-electron chi connectivity index (χ2n) is 5.76. The zero-order valence-corrected chi connectivity index (χ0v) is 13.2. The van der Waals surface area contributed by atoms with Crippen LogP contribution in [0.5, 0.6) is 0 Å². The predicted molar refractivity (Wildman–Crippen MR) is 82.4 cm³/mol. The predicted octanol–water partition coefficient (Wildman–Crippen LogP) is 3.09. The molecule has 1 amide bonds. The second-order valence-corrected chi connectivity index (χ2v) is 6.76. The number of thiophene rings is 1. The Morgan fingerprint density at radius 1 is 1.48 bits per heavy atom. The van der Waals surface area contributed by atoms with E-state index in [0.29, 0.717) is 28.3 Å². The highest BCUT2D eigenvalue weighted by molar-refractivity contribution is 7.20. The van der Waals surface area contributed by atoms with Gasteiger partial charge in [-0.25, -0.2) is 4.98 Å². The lowest BCUT2D eigenvalue weighted by atomic mass is 10.1. The van der Waals surface area contributed by atoms with Gasteiger partial charge in [0.1, 0.15) is 10.5 Å². The highest BCUT2D eigenvalue weighted by Gasteiger charge is 2.34. The number of nitrogens with two attached hydrogens (primary N) is 1. The number of nitrogens with one attached hydrogen (secondary N) is 1. The molecular weight excluding hydrogens is 327 g/mol. The molecule has 1 atom stereocenters. The molecule has 2 aromatic rings. The fourth-order valence-electron chi connectivity index (χ4n) is 2.58. The molecule has 0 saturated heterocycles. The van der Waals surface area contributed by atoms with Crippen LogP contribution < -0.4 is 11.1 Å². The smallest absolute Gasteiger partial charge is 0.347 e. The minimum absolute atomic E-state index is 0.0780. The largest absolute Gasteiger partial charge is 0.433 e. The van der Waals surface area contributed by atoms with Crippen LogP contribution in [0.4, 0.5) is 13.2 Å². The zero-order valence-electron chi connectivity index (χ0n) is 12.4. The van der Waals surface area contributed by atoms with Crippen molar-refractivity contribution in [2.24, 2.45) is 11.7 Å². The molecule has 2 aromatic heterocycles. The molecule has 4 nitrogen and oxygen atoms in total. The van der Waals surface area contributed by atoms with Gasteiger partial charge >= 0.3 is 6.18 Å². The van der Waals surface area contributed by atoms with Gasteiger partial charge in [0.05, 0.1) is 4.88 Å². The summed E-state index contributed by atoms with van der Waals surface area (Å²) >= 11 is 0.983. The number of hydrogen-bond donors (Lipinski definition) is 2. The van der Waals surface area contributed by atoms with Gasteiger partial charge in [0.2, 0.25) is 0 Å². The van der Waals surface area contributed by atoms with Crippen LogP contribution in [0.1, 0.15) is 33.8 Å². The van der Waals surface area contributed by atoms with E-state index in [2.05, 4.69) is 10.3 Å². The van der Waals surface area contributed by atoms with Crippen molar-refractivity contribution in [1.29, 1.82) is 0 Å². The summed E-state index contributed by atoms with van der Waals surface area (Å²) in [6, 6.07) is 2.23. The highest BCUT2D eigenvalue weighted by atomic mass is 32.1. The number of alkyl halides is 3. The Morgan fingerprint density at radius 3 is 2.74 bits per heavy atom. The number of hydrogen-bond acceptors (Lipinski definition) is 4. The Morgan fingerprint density at radius 2 is 2.17 bits per heavy atom. The summed E-state index contributed by atoms with van der Waals surface area (Å²) in [4.78, 5) is 16.7. The third-order valence-electron chi connectivity index (χ3n) is 4.06. The topological polar surface area (TPSA) is 68.0 Å². The van der Waals surface area contributed by atoms with E-state index in [1.165, 1.54) is 6.07 Å². The van der Waals surface area contributed by atoms with Crippen molar-refractivity contribution in [3.05, 3.63) is 28.3 Å². The van der Waals surface area contributed by atoms with Crippen LogP contribution in [0.3, 0.4) is 0 Å². The molecule has 1 unspecified atom stereocenters. The van der Waals surface area contributed by atoms with Gasteiger partial charge in [-0.3, -0.25) is 4.79 Å². The van der Waals surface area contributed by atoms with Crippen molar-refractivity contribution in [2.75, 3.05) is 6.54 Å². The Balaban J connectivity index is 1.91. The number of amides is 1. The quantitative estimate of drug-likeness (QED) is 0.896. The van der Waals surface area contributed by atoms with Crippen molar-refractivity contribution < 1.29 is 18.0 Å². The number of carbonyl (C=O) groups excluding carboxylic acids is 1. The van der Waals surface area contributed by atoms with Gasteiger partial charge in [-0.05, 0) is 43.4 Å². The first-order valence-electron chi connectivity index (χ1n) is 7.29. The fraction of sp³-hybridized carbons (Fsp3) is 0.467. The number of carbonyl (C=O) groups is 1. The molecule has 3 N–H and O–H groups in total. The van der Waals surface area contributed by atoms with Crippen LogP contribution in [0.15, 0.2) is 12.1 Å². The maximum Gasteiger partial charge on any atom is 0.433 e. The van der Waals surface area contributed by atoms with Crippen LogP contribution >= 0.6 is 11.3 Å². The molecule has 0 spiro atoms. The van der Waals surface area contributed by atoms with Gasteiger partial charge in [-0.1, -0.05) is 0 Å². The number of halogens is 3. The number of aryl methyl sites for hydroxylation is 1. The van der Waals surface area contributed by atoms with Gasteiger partial charge in [-0.15, -0.1) is 11.3 Å². The molecule has 2 heterocycles. The summed E-state index contributed by atoms with van der Waals surface area (Å²) in [5, 5.41) is 3.46. The Kier molecular flexibility index (Phi) is 4.05. The minimum atomic E-state index is -4.49. The third-order valence-corrected chi connectivity index (χ3v) is 5.26. The van der Waals surface area contributed by atoms with E-state index in [1.807, 2.05) is 0 Å². The maximum absolute atomic E-state index is 12.7. The van der Waals surface area contributed by atoms with E-state index in [9.17, 15) is 18.0 Å². The molecule has 1 aliphatic carbocycles. The molecule has 1 saturated carbocycles. The maximum atomic E-state index is 12.7. The minimum Gasteiger partial charge on any atom is -0.347 e. The van der Waals surface area contributed by atoms with E-state index in [0.717, 1.165) is 30.2 Å². The molecule has 3 rings (SSSR count). The summed E-state index contributed by atoms with van der Waals surface area (Å²) in [6.45, 7) is 2.08. The van der Waals surface area contributed by atoms with E-state index in [4.69, 9.17) is 5.73 Å². The normalized spacial score (nSPS) is 16.6. The van der Waals surface area contributed by atoms with Gasteiger partial charge in [0.25, 0.3) is 5.91 Å². The SMILES string of the molecule is Cc1c(C(=O)NC(CN)C2CC2)sc2nc(C(F)(F)F)ccc12. The number of nitrogens with zero attached hydrogens (tertiary/aromatic N) is 1. The molecular formula is C15H16F3N3OS. The van der Waals surface area contributed by atoms with Crippen molar-refractivity contribution in [3.8, 4) is 0 Å². The summed E-state index contributed by atoms with van der Waals surface area (Å²) in [5.41, 5.74) is 5.37. The average Bonchev–Trinajstić information content (AvgIpc) is 3.28. The number of pyridine rings is 1. The van der Waals surface area contributed by atoms with Crippen LogP contribution in [-0.2, 0) is 6.18 Å². The van der Waals surface area contributed by atoms with Crippen molar-refractivity contribution in [1.82, 2.24) is 10.3 Å². The first kappa shape index (κ1) is 16.2. The van der Waals surface area contributed by atoms with Gasteiger partial charge < -0.3 is 11.1 Å². The van der Waals surface area contributed by atoms with E-state index in [1.54, 1.807) is 6.92 Å². The monoisotopic (exact) mass is 343 g/mol. The fourth-order valence-corrected chi connectivity index (χ4v) is 3.66. The molecule has 1 aliphatic rings. The summed E-state index contributed by atoms with van der Waals surface area (Å²) in [6.07, 6.45) is -2.40. The molecule has 0 aliphatic heterocycles. The second kappa shape index (κ2) is 5.76. The lowest BCUT2D eigenvalue weighted by Gasteiger charge is -2.15. The van der Waals surface area contributed by atoms with Crippen molar-refractivity contribution >= 4 is 27.5 Å². The van der Waals surface area contributed by atoms with Crippen LogP contribution in [0.25, 0.3) is 10.2 Å². The van der Waals surface area contributed by atoms with E-state index in [-0.39, 0.29) is 16.8 Å². The Labute approximate surface area is 134 Å². The number of aromatic nitrogens is 1. The van der Waals surface area contributed by atoms with Gasteiger partial charge in [0.15, 0.2) is 0 Å². The Bertz CT molecular complexity index is 752. The molecule has 0 aromatic carbocycles. The number of fused-ring (bicyclic) bond motifs is 1. The van der Waals surface area contributed by atoms with E-state index >= 15 is 0 Å². The van der Waals surface area contributed by atoms with Crippen LogP contribution in [-0.4, -0.2) is 23.5 Å². The molecule has 1 fully saturated rings. The van der Waals surface area contributed by atoms with Crippen molar-refractivity contribution in [2.45, 2.75) is 32.0 Å². The Hall–Kier alpha value is -1.67. The first-order valence-corrected chi connectivity index (χ1v) is 8.11. The molecule has 0 radical (unpaired) electrons. The zero-order chi connectivity index (χ0) is 16.8. The van der Waals surface area contributed by atoms with Crippen LogP contribution in [0, 0.1) is 12.8 Å². The lowest BCUT2D eigenvalue weighted by Crippen LogP contribution is -2.41. The standard InChI is InChI=1S/C15H16F3N3OS/c1-7-9-4-5-11(15(16,17)18)21-14(9)23-12(7)13(22)20-10(6-19)8-2-3-8/h4-5,8,10H,2-3,6,19H2,1H3,(H,20,22). The van der Waals surface area contributed by atoms with Gasteiger partial charge in [0, 0.05) is 18.0 Å². The molecule has 124 valence electrons. The molecule has 0 bridgehead atoms. The third kappa shape index (κ3) is 3.18. The summed E-state index contributed by atoms with van der Waals surface area (Å²) in [5.74, 6) is 0.120. The summed E-state index contributed by atoms with van der Waals surface area (Å²) < 4.78 is 38.2. The summed E-state index contributed by atoms with van der Waals surface area (Å²) in [7, 11) is 0.